The van der Waals surface area contributed by atoms with Gasteiger partial charge in [-0.25, -0.2) is 0 Å². The molecule has 0 atom stereocenters. The van der Waals surface area contributed by atoms with Gasteiger partial charge in [-0.15, -0.1) is 10.2 Å². The number of morpholine rings is 1. The van der Waals surface area contributed by atoms with Gasteiger partial charge in [0.2, 0.25) is 5.13 Å². The molecule has 2 rings (SSSR count). The first kappa shape index (κ1) is 9.82. The van der Waals surface area contributed by atoms with Crippen LogP contribution in [0.25, 0.3) is 0 Å². The van der Waals surface area contributed by atoms with E-state index < -0.39 is 0 Å². The molecular weight excluding hydrogens is 200 g/mol. The van der Waals surface area contributed by atoms with Crippen LogP contribution in [0.15, 0.2) is 0 Å². The summed E-state index contributed by atoms with van der Waals surface area (Å²) in [6.45, 7) is 5.71. The maximum atomic E-state index is 5.26. The van der Waals surface area contributed by atoms with Crippen molar-refractivity contribution in [3.05, 3.63) is 5.51 Å². The van der Waals surface area contributed by atoms with Crippen molar-refractivity contribution in [2.24, 2.45) is 0 Å². The van der Waals surface area contributed by atoms with Crippen LogP contribution in [0.3, 0.4) is 0 Å². The van der Waals surface area contributed by atoms with Crippen LogP contribution in [-0.4, -0.2) is 54.5 Å². The van der Waals surface area contributed by atoms with Crippen LogP contribution in [-0.2, 0) is 4.74 Å². The summed E-state index contributed by atoms with van der Waals surface area (Å²) < 4.78 is 5.26. The number of aromatic nitrogens is 2. The molecule has 0 aromatic carbocycles. The van der Waals surface area contributed by atoms with Gasteiger partial charge >= 0.3 is 0 Å². The second kappa shape index (κ2) is 5.23. The Morgan fingerprint density at radius 1 is 1.50 bits per heavy atom. The summed E-state index contributed by atoms with van der Waals surface area (Å²) in [6.07, 6.45) is 0. The van der Waals surface area contributed by atoms with Gasteiger partial charge in [0.15, 0.2) is 5.51 Å². The van der Waals surface area contributed by atoms with Gasteiger partial charge in [-0.2, -0.15) is 0 Å². The average Bonchev–Trinajstić information content (AvgIpc) is 2.72. The lowest BCUT2D eigenvalue weighted by Crippen LogP contribution is -2.38. The zero-order chi connectivity index (χ0) is 9.64. The van der Waals surface area contributed by atoms with E-state index in [4.69, 9.17) is 4.74 Å². The van der Waals surface area contributed by atoms with Crippen molar-refractivity contribution in [3.8, 4) is 0 Å². The van der Waals surface area contributed by atoms with Crippen LogP contribution < -0.4 is 5.32 Å². The van der Waals surface area contributed by atoms with E-state index in [2.05, 4.69) is 25.9 Å². The van der Waals surface area contributed by atoms with Gasteiger partial charge in [0, 0.05) is 26.2 Å². The van der Waals surface area contributed by atoms with Crippen LogP contribution in [0.5, 0.6) is 0 Å². The number of rotatable bonds is 4. The number of anilines is 1. The summed E-state index contributed by atoms with van der Waals surface area (Å²) in [7, 11) is 0. The molecule has 2 heterocycles. The van der Waals surface area contributed by atoms with E-state index in [0.717, 1.165) is 44.5 Å². The molecule has 1 aliphatic heterocycles. The second-order valence-electron chi connectivity index (χ2n) is 3.08. The van der Waals surface area contributed by atoms with Crippen LogP contribution in [0.1, 0.15) is 0 Å². The van der Waals surface area contributed by atoms with Crippen molar-refractivity contribution in [1.29, 1.82) is 0 Å². The van der Waals surface area contributed by atoms with Gasteiger partial charge in [-0.3, -0.25) is 4.90 Å². The third-order valence-corrected chi connectivity index (χ3v) is 2.72. The molecule has 1 radical (unpaired) electrons. The Labute approximate surface area is 87.1 Å². The second-order valence-corrected chi connectivity index (χ2v) is 3.85. The predicted octanol–water partition coefficient (Wildman–Crippen LogP) is 0.0824. The SMILES string of the molecule is [c]1nnc(NCCN2CCOCC2)s1. The molecule has 77 valence electrons. The van der Waals surface area contributed by atoms with Crippen LogP contribution >= 0.6 is 11.3 Å². The van der Waals surface area contributed by atoms with Crippen LogP contribution in [0.2, 0.25) is 0 Å². The minimum absolute atomic E-state index is 0.846. The first-order valence-corrected chi connectivity index (χ1v) is 5.50. The molecule has 1 aromatic heterocycles. The minimum atomic E-state index is 0.846. The highest BCUT2D eigenvalue weighted by Gasteiger charge is 2.09. The highest BCUT2D eigenvalue weighted by Crippen LogP contribution is 2.06. The Hall–Kier alpha value is -0.720. The van der Waals surface area contributed by atoms with Gasteiger partial charge in [0.1, 0.15) is 0 Å². The molecule has 1 fully saturated rings. The summed E-state index contributed by atoms with van der Waals surface area (Å²) >= 11 is 1.41. The molecule has 6 heteroatoms. The first-order valence-electron chi connectivity index (χ1n) is 4.69. The predicted molar refractivity (Wildman–Crippen MR) is 54.5 cm³/mol. The zero-order valence-electron chi connectivity index (χ0n) is 7.90. The van der Waals surface area contributed by atoms with Crippen molar-refractivity contribution < 1.29 is 4.74 Å². The Kier molecular flexibility index (Phi) is 3.67. The molecule has 1 N–H and O–H groups in total. The van der Waals surface area contributed by atoms with E-state index in [9.17, 15) is 0 Å². The molecule has 14 heavy (non-hydrogen) atoms. The summed E-state index contributed by atoms with van der Waals surface area (Å²) in [6, 6.07) is 0. The van der Waals surface area contributed by atoms with E-state index in [1.54, 1.807) is 0 Å². The third kappa shape index (κ3) is 2.90. The quantitative estimate of drug-likeness (QED) is 0.767. The van der Waals surface area contributed by atoms with Crippen molar-refractivity contribution in [1.82, 2.24) is 15.1 Å². The maximum absolute atomic E-state index is 5.26. The van der Waals surface area contributed by atoms with Gasteiger partial charge in [0.05, 0.1) is 13.2 Å². The number of nitrogens with zero attached hydrogens (tertiary/aromatic N) is 3. The zero-order valence-corrected chi connectivity index (χ0v) is 8.72. The maximum Gasteiger partial charge on any atom is 0.206 e. The monoisotopic (exact) mass is 213 g/mol. The fourth-order valence-corrected chi connectivity index (χ4v) is 1.79. The number of hydrogen-bond acceptors (Lipinski definition) is 6. The molecule has 0 bridgehead atoms. The summed E-state index contributed by atoms with van der Waals surface area (Å²) in [5.41, 5.74) is 2.70. The largest absolute Gasteiger partial charge is 0.379 e. The Morgan fingerprint density at radius 3 is 3.07 bits per heavy atom. The highest BCUT2D eigenvalue weighted by atomic mass is 32.1. The van der Waals surface area contributed by atoms with E-state index >= 15 is 0 Å². The number of ether oxygens (including phenoxy) is 1. The molecular formula is C8H13N4OS. The fraction of sp³-hybridized carbons (Fsp3) is 0.750. The molecule has 5 nitrogen and oxygen atoms in total. The van der Waals surface area contributed by atoms with E-state index in [1.165, 1.54) is 11.3 Å². The lowest BCUT2D eigenvalue weighted by Gasteiger charge is -2.26. The average molecular weight is 213 g/mol. The molecule has 0 spiro atoms. The third-order valence-electron chi connectivity index (χ3n) is 2.13. The summed E-state index contributed by atoms with van der Waals surface area (Å²) in [5, 5.41) is 11.5. The molecule has 0 amide bonds. The smallest absolute Gasteiger partial charge is 0.206 e. The lowest BCUT2D eigenvalue weighted by molar-refractivity contribution is 0.0398. The molecule has 1 aromatic rings. The van der Waals surface area contributed by atoms with Gasteiger partial charge in [-0.05, 0) is 0 Å². The molecule has 0 aliphatic carbocycles. The van der Waals surface area contributed by atoms with Gasteiger partial charge in [-0.1, -0.05) is 11.3 Å². The standard InChI is InChI=1S/C8H13N4OS/c1(9-8-11-10-7-14-8)2-12-3-5-13-6-4-12/h1-6H2,(H,9,11). The van der Waals surface area contributed by atoms with Gasteiger partial charge in [0.25, 0.3) is 0 Å². The van der Waals surface area contributed by atoms with Crippen LogP contribution in [0.4, 0.5) is 5.13 Å². The molecule has 0 unspecified atom stereocenters. The van der Waals surface area contributed by atoms with Crippen molar-refractivity contribution in [2.75, 3.05) is 44.7 Å². The van der Waals surface area contributed by atoms with E-state index in [-0.39, 0.29) is 0 Å². The summed E-state index contributed by atoms with van der Waals surface area (Å²) in [5.74, 6) is 0. The van der Waals surface area contributed by atoms with Gasteiger partial charge < -0.3 is 10.1 Å². The van der Waals surface area contributed by atoms with Crippen LogP contribution in [0, 0.1) is 5.51 Å². The molecule has 0 saturated carbocycles. The van der Waals surface area contributed by atoms with Crippen molar-refractivity contribution >= 4 is 16.5 Å². The normalized spacial score (nSPS) is 18.3. The summed E-state index contributed by atoms with van der Waals surface area (Å²) in [4.78, 5) is 2.38. The Balaban J connectivity index is 1.62. The Bertz CT molecular complexity index is 248. The Morgan fingerprint density at radius 2 is 2.36 bits per heavy atom. The van der Waals surface area contributed by atoms with E-state index in [1.807, 2.05) is 0 Å². The lowest BCUT2D eigenvalue weighted by atomic mass is 10.4. The fourth-order valence-electron chi connectivity index (χ4n) is 1.37. The highest BCUT2D eigenvalue weighted by molar-refractivity contribution is 7.12. The molecule has 1 saturated heterocycles. The minimum Gasteiger partial charge on any atom is -0.379 e. The van der Waals surface area contributed by atoms with Crippen molar-refractivity contribution in [3.63, 3.8) is 0 Å². The van der Waals surface area contributed by atoms with Crippen molar-refractivity contribution in [2.45, 2.75) is 0 Å². The van der Waals surface area contributed by atoms with E-state index in [0.29, 0.717) is 0 Å². The topological polar surface area (TPSA) is 50.3 Å². The molecule has 1 aliphatic rings. The number of hydrogen-bond donors (Lipinski definition) is 1. The first-order chi connectivity index (χ1) is 6.95. The number of nitrogens with one attached hydrogen (secondary N) is 1.